The summed E-state index contributed by atoms with van der Waals surface area (Å²) in [6, 6.07) is 4.05. The highest BCUT2D eigenvalue weighted by atomic mass is 19.1. The van der Waals surface area contributed by atoms with Crippen molar-refractivity contribution in [2.75, 3.05) is 13.7 Å². The summed E-state index contributed by atoms with van der Waals surface area (Å²) < 4.78 is 17.7. The van der Waals surface area contributed by atoms with Crippen LogP contribution in [0.4, 0.5) is 4.39 Å². The van der Waals surface area contributed by atoms with Crippen LogP contribution in [0.1, 0.15) is 24.2 Å². The Kier molecular flexibility index (Phi) is 6.49. The lowest BCUT2D eigenvalue weighted by molar-refractivity contribution is -0.151. The third-order valence-corrected chi connectivity index (χ3v) is 2.94. The summed E-state index contributed by atoms with van der Waals surface area (Å²) in [4.78, 5) is 35.1. The first-order valence-corrected chi connectivity index (χ1v) is 6.78. The predicted molar refractivity (Wildman–Crippen MR) is 77.5 cm³/mol. The van der Waals surface area contributed by atoms with Crippen LogP contribution in [0.25, 0.3) is 0 Å². The highest BCUT2D eigenvalue weighted by molar-refractivity contribution is 5.97. The van der Waals surface area contributed by atoms with E-state index in [0.717, 1.165) is 12.1 Å². The fourth-order valence-corrected chi connectivity index (χ4v) is 1.62. The van der Waals surface area contributed by atoms with Crippen LogP contribution in [0.3, 0.4) is 0 Å². The summed E-state index contributed by atoms with van der Waals surface area (Å²) in [5.74, 6) is -2.35. The van der Waals surface area contributed by atoms with E-state index in [1.54, 1.807) is 13.8 Å². The number of hydrogen-bond donors (Lipinski definition) is 2. The highest BCUT2D eigenvalue weighted by Gasteiger charge is 2.26. The van der Waals surface area contributed by atoms with Gasteiger partial charge in [0.1, 0.15) is 11.9 Å². The zero-order valence-corrected chi connectivity index (χ0v) is 12.7. The van der Waals surface area contributed by atoms with Crippen LogP contribution in [0.5, 0.6) is 0 Å². The Morgan fingerprint density at radius 1 is 1.18 bits per heavy atom. The number of nitrogens with one attached hydrogen (secondary N) is 2. The van der Waals surface area contributed by atoms with E-state index < -0.39 is 36.2 Å². The molecular weight excluding hydrogens is 291 g/mol. The van der Waals surface area contributed by atoms with Gasteiger partial charge in [0, 0.05) is 12.6 Å². The smallest absolute Gasteiger partial charge is 0.329 e. The van der Waals surface area contributed by atoms with Gasteiger partial charge < -0.3 is 15.4 Å². The van der Waals surface area contributed by atoms with Crippen molar-refractivity contribution in [2.24, 2.45) is 5.92 Å². The Morgan fingerprint density at radius 3 is 2.27 bits per heavy atom. The van der Waals surface area contributed by atoms with Gasteiger partial charge in [-0.25, -0.2) is 9.18 Å². The van der Waals surface area contributed by atoms with Crippen LogP contribution in [0.15, 0.2) is 24.3 Å². The SMILES string of the molecule is CNC(=O)COC(=O)[C@@H](NC(=O)c1ccc(F)cc1)C(C)C. The normalized spacial score (nSPS) is 11.7. The minimum absolute atomic E-state index is 0.228. The van der Waals surface area contributed by atoms with Crippen molar-refractivity contribution in [2.45, 2.75) is 19.9 Å². The molecule has 0 bridgehead atoms. The molecule has 0 aliphatic heterocycles. The lowest BCUT2D eigenvalue weighted by Crippen LogP contribution is -2.46. The zero-order valence-electron chi connectivity index (χ0n) is 12.7. The van der Waals surface area contributed by atoms with Gasteiger partial charge in [0.2, 0.25) is 0 Å². The third kappa shape index (κ3) is 5.16. The third-order valence-electron chi connectivity index (χ3n) is 2.94. The van der Waals surface area contributed by atoms with Crippen LogP contribution in [0.2, 0.25) is 0 Å². The Morgan fingerprint density at radius 2 is 1.77 bits per heavy atom. The maximum Gasteiger partial charge on any atom is 0.329 e. The number of carbonyl (C=O) groups excluding carboxylic acids is 3. The second-order valence-corrected chi connectivity index (χ2v) is 4.98. The van der Waals surface area contributed by atoms with E-state index in [9.17, 15) is 18.8 Å². The predicted octanol–water partition coefficient (Wildman–Crippen LogP) is 0.869. The van der Waals surface area contributed by atoms with Crippen molar-refractivity contribution in [3.05, 3.63) is 35.6 Å². The van der Waals surface area contributed by atoms with Crippen molar-refractivity contribution in [3.63, 3.8) is 0 Å². The molecule has 22 heavy (non-hydrogen) atoms. The second kappa shape index (κ2) is 8.11. The fourth-order valence-electron chi connectivity index (χ4n) is 1.62. The van der Waals surface area contributed by atoms with Gasteiger partial charge in [-0.3, -0.25) is 9.59 Å². The molecule has 0 heterocycles. The van der Waals surface area contributed by atoms with E-state index in [1.807, 2.05) is 0 Å². The highest BCUT2D eigenvalue weighted by Crippen LogP contribution is 2.08. The molecule has 1 atom stereocenters. The molecule has 0 aliphatic carbocycles. The summed E-state index contributed by atoms with van der Waals surface area (Å²) >= 11 is 0. The van der Waals surface area contributed by atoms with Gasteiger partial charge in [-0.15, -0.1) is 0 Å². The lowest BCUT2D eigenvalue weighted by atomic mass is 10.0. The molecule has 0 unspecified atom stereocenters. The lowest BCUT2D eigenvalue weighted by Gasteiger charge is -2.20. The summed E-state index contributed by atoms with van der Waals surface area (Å²) in [5.41, 5.74) is 0.228. The zero-order chi connectivity index (χ0) is 16.7. The minimum atomic E-state index is -0.901. The quantitative estimate of drug-likeness (QED) is 0.764. The van der Waals surface area contributed by atoms with Gasteiger partial charge in [0.05, 0.1) is 0 Å². The van der Waals surface area contributed by atoms with Gasteiger partial charge in [0.25, 0.3) is 11.8 Å². The van der Waals surface area contributed by atoms with Gasteiger partial charge in [0.15, 0.2) is 6.61 Å². The molecule has 0 fully saturated rings. The molecule has 0 aromatic heterocycles. The first-order valence-electron chi connectivity index (χ1n) is 6.78. The van der Waals surface area contributed by atoms with Crippen molar-refractivity contribution < 1.29 is 23.5 Å². The van der Waals surface area contributed by atoms with E-state index in [4.69, 9.17) is 4.74 Å². The topological polar surface area (TPSA) is 84.5 Å². The molecule has 2 N–H and O–H groups in total. The maximum atomic E-state index is 12.8. The first-order chi connectivity index (χ1) is 10.3. The van der Waals surface area contributed by atoms with E-state index in [1.165, 1.54) is 19.2 Å². The molecule has 120 valence electrons. The molecule has 7 heteroatoms. The largest absolute Gasteiger partial charge is 0.454 e. The minimum Gasteiger partial charge on any atom is -0.454 e. The first kappa shape index (κ1) is 17.6. The average Bonchev–Trinajstić information content (AvgIpc) is 2.49. The van der Waals surface area contributed by atoms with Crippen molar-refractivity contribution in [3.8, 4) is 0 Å². The number of ether oxygens (including phenoxy) is 1. The van der Waals surface area contributed by atoms with Crippen LogP contribution in [-0.4, -0.2) is 37.5 Å². The molecule has 1 rings (SSSR count). The monoisotopic (exact) mass is 310 g/mol. The average molecular weight is 310 g/mol. The molecule has 0 spiro atoms. The molecular formula is C15H19FN2O4. The number of hydrogen-bond acceptors (Lipinski definition) is 4. The summed E-state index contributed by atoms with van der Waals surface area (Å²) in [5, 5.41) is 4.85. The molecule has 0 saturated heterocycles. The van der Waals surface area contributed by atoms with E-state index in [0.29, 0.717) is 0 Å². The van der Waals surface area contributed by atoms with E-state index >= 15 is 0 Å². The van der Waals surface area contributed by atoms with E-state index in [-0.39, 0.29) is 11.5 Å². The summed E-state index contributed by atoms with van der Waals surface area (Å²) in [6.07, 6.45) is 0. The van der Waals surface area contributed by atoms with Crippen molar-refractivity contribution >= 4 is 17.8 Å². The molecule has 0 aliphatic rings. The summed E-state index contributed by atoms with van der Waals surface area (Å²) in [6.45, 7) is 3.05. The Hall–Kier alpha value is -2.44. The summed E-state index contributed by atoms with van der Waals surface area (Å²) in [7, 11) is 1.42. The molecule has 0 saturated carbocycles. The van der Waals surface area contributed by atoms with Gasteiger partial charge >= 0.3 is 5.97 Å². The number of esters is 1. The molecule has 2 amide bonds. The van der Waals surface area contributed by atoms with Gasteiger partial charge in [-0.2, -0.15) is 0 Å². The molecule has 1 aromatic rings. The number of amides is 2. The number of halogens is 1. The molecule has 6 nitrogen and oxygen atoms in total. The Balaban J connectivity index is 2.71. The van der Waals surface area contributed by atoms with Gasteiger partial charge in [-0.1, -0.05) is 13.8 Å². The van der Waals surface area contributed by atoms with Crippen LogP contribution >= 0.6 is 0 Å². The van der Waals surface area contributed by atoms with Crippen molar-refractivity contribution in [1.82, 2.24) is 10.6 Å². The van der Waals surface area contributed by atoms with Crippen LogP contribution < -0.4 is 10.6 Å². The maximum absolute atomic E-state index is 12.8. The second-order valence-electron chi connectivity index (χ2n) is 4.98. The number of likely N-dealkylation sites (N-methyl/N-ethyl adjacent to an activating group) is 1. The standard InChI is InChI=1S/C15H19FN2O4/c1-9(2)13(15(21)22-8-12(19)17-3)18-14(20)10-4-6-11(16)7-5-10/h4-7,9,13H,8H2,1-3H3,(H,17,19)(H,18,20)/t13-/m0/s1. The molecule has 1 aromatic carbocycles. The van der Waals surface area contributed by atoms with Crippen molar-refractivity contribution in [1.29, 1.82) is 0 Å². The van der Waals surface area contributed by atoms with Crippen LogP contribution in [-0.2, 0) is 14.3 Å². The van der Waals surface area contributed by atoms with E-state index in [2.05, 4.69) is 10.6 Å². The van der Waals surface area contributed by atoms with Gasteiger partial charge in [-0.05, 0) is 30.2 Å². The number of rotatable bonds is 6. The Bertz CT molecular complexity index is 543. The number of carbonyl (C=O) groups is 3. The molecule has 0 radical (unpaired) electrons. The van der Waals surface area contributed by atoms with Crippen LogP contribution in [0, 0.1) is 11.7 Å². The fraction of sp³-hybridized carbons (Fsp3) is 0.400. The Labute approximate surface area is 128 Å². The number of benzene rings is 1.